The van der Waals surface area contributed by atoms with Crippen LogP contribution < -0.4 is 10.1 Å². The van der Waals surface area contributed by atoms with Crippen LogP contribution in [0.5, 0.6) is 5.75 Å². The fourth-order valence-corrected chi connectivity index (χ4v) is 2.02. The van der Waals surface area contributed by atoms with E-state index >= 15 is 0 Å². The van der Waals surface area contributed by atoms with Crippen molar-refractivity contribution in [1.82, 2.24) is 5.32 Å². The molecule has 1 aromatic carbocycles. The zero-order valence-electron chi connectivity index (χ0n) is 12.1. The number of rotatable bonds is 7. The van der Waals surface area contributed by atoms with Gasteiger partial charge in [-0.3, -0.25) is 0 Å². The minimum absolute atomic E-state index is 0.316. The average Bonchev–Trinajstić information content (AvgIpc) is 3.18. The molecule has 0 bridgehead atoms. The van der Waals surface area contributed by atoms with Gasteiger partial charge < -0.3 is 15.2 Å². The molecule has 0 radical (unpaired) electrons. The first-order chi connectivity index (χ1) is 8.98. The Labute approximate surface area is 116 Å². The van der Waals surface area contributed by atoms with E-state index < -0.39 is 5.60 Å². The Morgan fingerprint density at radius 3 is 2.68 bits per heavy atom. The minimum atomic E-state index is -0.827. The van der Waals surface area contributed by atoms with Gasteiger partial charge in [0, 0.05) is 12.6 Å². The number of hydrogen-bond acceptors (Lipinski definition) is 3. The SMILES string of the molecule is CC(C)c1ccccc1OCC(C)(O)CNC1CC1. The Bertz CT molecular complexity index is 411. The first kappa shape index (κ1) is 14.4. The van der Waals surface area contributed by atoms with Gasteiger partial charge >= 0.3 is 0 Å². The summed E-state index contributed by atoms with van der Waals surface area (Å²) in [5.41, 5.74) is 0.362. The highest BCUT2D eigenvalue weighted by Gasteiger charge is 2.27. The number of aliphatic hydroxyl groups is 1. The molecule has 0 spiro atoms. The van der Waals surface area contributed by atoms with Crippen LogP contribution >= 0.6 is 0 Å². The van der Waals surface area contributed by atoms with E-state index in [0.717, 1.165) is 5.75 Å². The summed E-state index contributed by atoms with van der Waals surface area (Å²) in [6, 6.07) is 8.65. The molecular formula is C16H25NO2. The van der Waals surface area contributed by atoms with Crippen molar-refractivity contribution >= 4 is 0 Å². The highest BCUT2D eigenvalue weighted by atomic mass is 16.5. The highest BCUT2D eigenvalue weighted by molar-refractivity contribution is 5.35. The molecule has 0 aromatic heterocycles. The maximum absolute atomic E-state index is 10.3. The van der Waals surface area contributed by atoms with Gasteiger partial charge in [0.2, 0.25) is 0 Å². The van der Waals surface area contributed by atoms with Gasteiger partial charge in [-0.1, -0.05) is 32.0 Å². The van der Waals surface area contributed by atoms with Crippen LogP contribution in [0.2, 0.25) is 0 Å². The van der Waals surface area contributed by atoms with Crippen molar-refractivity contribution in [2.45, 2.75) is 51.2 Å². The fourth-order valence-electron chi connectivity index (χ4n) is 2.02. The molecule has 1 saturated carbocycles. The molecule has 2 N–H and O–H groups in total. The number of benzene rings is 1. The van der Waals surface area contributed by atoms with E-state index in [0.29, 0.717) is 25.1 Å². The Balaban J connectivity index is 1.89. The van der Waals surface area contributed by atoms with Crippen molar-refractivity contribution in [3.05, 3.63) is 29.8 Å². The monoisotopic (exact) mass is 263 g/mol. The maximum Gasteiger partial charge on any atom is 0.122 e. The lowest BCUT2D eigenvalue weighted by atomic mass is 10.0. The minimum Gasteiger partial charge on any atom is -0.490 e. The quantitative estimate of drug-likeness (QED) is 0.794. The van der Waals surface area contributed by atoms with Crippen LogP contribution in [0.25, 0.3) is 0 Å². The van der Waals surface area contributed by atoms with Crippen molar-refractivity contribution in [3.8, 4) is 5.75 Å². The molecule has 1 atom stereocenters. The van der Waals surface area contributed by atoms with Crippen LogP contribution in [0, 0.1) is 0 Å². The smallest absolute Gasteiger partial charge is 0.122 e. The topological polar surface area (TPSA) is 41.5 Å². The molecule has 1 aliphatic rings. The van der Waals surface area contributed by atoms with E-state index in [4.69, 9.17) is 4.74 Å². The van der Waals surface area contributed by atoms with Crippen molar-refractivity contribution < 1.29 is 9.84 Å². The maximum atomic E-state index is 10.3. The van der Waals surface area contributed by atoms with E-state index in [1.165, 1.54) is 18.4 Å². The van der Waals surface area contributed by atoms with Gasteiger partial charge in [-0.25, -0.2) is 0 Å². The first-order valence-electron chi connectivity index (χ1n) is 7.15. The van der Waals surface area contributed by atoms with Crippen molar-refractivity contribution in [2.75, 3.05) is 13.2 Å². The van der Waals surface area contributed by atoms with Gasteiger partial charge in [0.1, 0.15) is 18.0 Å². The summed E-state index contributed by atoms with van der Waals surface area (Å²) in [7, 11) is 0. The molecule has 19 heavy (non-hydrogen) atoms. The summed E-state index contributed by atoms with van der Waals surface area (Å²) in [6.07, 6.45) is 2.46. The lowest BCUT2D eigenvalue weighted by Crippen LogP contribution is -2.43. The number of ether oxygens (including phenoxy) is 1. The van der Waals surface area contributed by atoms with Crippen LogP contribution in [0.4, 0.5) is 0 Å². The van der Waals surface area contributed by atoms with Crippen LogP contribution in [-0.2, 0) is 0 Å². The molecule has 3 nitrogen and oxygen atoms in total. The predicted octanol–water partition coefficient (Wildman–Crippen LogP) is 2.69. The molecule has 1 fully saturated rings. The third-order valence-corrected chi connectivity index (χ3v) is 3.43. The molecule has 1 unspecified atom stereocenters. The Morgan fingerprint density at radius 2 is 2.05 bits per heavy atom. The summed E-state index contributed by atoms with van der Waals surface area (Å²) >= 11 is 0. The van der Waals surface area contributed by atoms with Crippen molar-refractivity contribution in [1.29, 1.82) is 0 Å². The molecule has 3 heteroatoms. The lowest BCUT2D eigenvalue weighted by molar-refractivity contribution is 0.0116. The molecule has 0 heterocycles. The van der Waals surface area contributed by atoms with Gasteiger partial charge in [0.15, 0.2) is 0 Å². The lowest BCUT2D eigenvalue weighted by Gasteiger charge is -2.25. The Hall–Kier alpha value is -1.06. The van der Waals surface area contributed by atoms with Crippen LogP contribution in [0.1, 0.15) is 45.1 Å². The van der Waals surface area contributed by atoms with E-state index in [-0.39, 0.29) is 0 Å². The zero-order valence-corrected chi connectivity index (χ0v) is 12.1. The van der Waals surface area contributed by atoms with E-state index in [9.17, 15) is 5.11 Å². The van der Waals surface area contributed by atoms with Crippen molar-refractivity contribution in [2.24, 2.45) is 0 Å². The van der Waals surface area contributed by atoms with Gasteiger partial charge in [-0.15, -0.1) is 0 Å². The number of nitrogens with one attached hydrogen (secondary N) is 1. The van der Waals surface area contributed by atoms with Gasteiger partial charge in [0.25, 0.3) is 0 Å². The first-order valence-corrected chi connectivity index (χ1v) is 7.15. The normalized spacial score (nSPS) is 18.4. The average molecular weight is 263 g/mol. The molecule has 106 valence electrons. The molecule has 0 amide bonds. The summed E-state index contributed by atoms with van der Waals surface area (Å²) in [5, 5.41) is 13.6. The molecule has 0 saturated heterocycles. The standard InChI is InChI=1S/C16H25NO2/c1-12(2)14-6-4-5-7-15(14)19-11-16(3,18)10-17-13-8-9-13/h4-7,12-13,17-18H,8-11H2,1-3H3. The predicted molar refractivity (Wildman–Crippen MR) is 77.7 cm³/mol. The number of hydrogen-bond donors (Lipinski definition) is 2. The third kappa shape index (κ3) is 4.51. The molecule has 2 rings (SSSR count). The second-order valence-corrected chi connectivity index (χ2v) is 6.13. The van der Waals surface area contributed by atoms with Gasteiger partial charge in [-0.05, 0) is 37.3 Å². The Morgan fingerprint density at radius 1 is 1.37 bits per heavy atom. The van der Waals surface area contributed by atoms with Crippen LogP contribution in [0.15, 0.2) is 24.3 Å². The summed E-state index contributed by atoms with van der Waals surface area (Å²) in [5.74, 6) is 1.30. The highest BCUT2D eigenvalue weighted by Crippen LogP contribution is 2.26. The Kier molecular flexibility index (Phi) is 4.48. The number of para-hydroxylation sites is 1. The fraction of sp³-hybridized carbons (Fsp3) is 0.625. The summed E-state index contributed by atoms with van der Waals surface area (Å²) in [6.45, 7) is 7.02. The molecular weight excluding hydrogens is 238 g/mol. The third-order valence-electron chi connectivity index (χ3n) is 3.43. The van der Waals surface area contributed by atoms with E-state index in [1.807, 2.05) is 25.1 Å². The van der Waals surface area contributed by atoms with Crippen molar-refractivity contribution in [3.63, 3.8) is 0 Å². The largest absolute Gasteiger partial charge is 0.490 e. The van der Waals surface area contributed by atoms with Crippen LogP contribution in [-0.4, -0.2) is 29.9 Å². The molecule has 1 aliphatic carbocycles. The zero-order chi connectivity index (χ0) is 13.9. The summed E-state index contributed by atoms with van der Waals surface area (Å²) < 4.78 is 5.83. The molecule has 1 aromatic rings. The summed E-state index contributed by atoms with van der Waals surface area (Å²) in [4.78, 5) is 0. The second kappa shape index (κ2) is 5.93. The van der Waals surface area contributed by atoms with E-state index in [1.54, 1.807) is 0 Å². The molecule has 0 aliphatic heterocycles. The van der Waals surface area contributed by atoms with E-state index in [2.05, 4.69) is 25.2 Å². The van der Waals surface area contributed by atoms with Crippen LogP contribution in [0.3, 0.4) is 0 Å². The van der Waals surface area contributed by atoms with Gasteiger partial charge in [-0.2, -0.15) is 0 Å². The van der Waals surface area contributed by atoms with Gasteiger partial charge in [0.05, 0.1) is 0 Å². The second-order valence-electron chi connectivity index (χ2n) is 6.13.